The Balaban J connectivity index is 1.88. The standard InChI is InChI=1S/C14H12F3N5S/c1-23-8-9-2-4-10(5-3-9)18-11-6-7-12-19-20-13(14(15,16)17)22(12)21-11/h2-7H,8H2,1H3,(H,18,21). The Kier molecular flexibility index (Phi) is 4.12. The first-order chi connectivity index (χ1) is 11.0. The average Bonchev–Trinajstić information content (AvgIpc) is 2.93. The van der Waals surface area contributed by atoms with Crippen molar-refractivity contribution in [2.45, 2.75) is 11.9 Å². The normalized spacial score (nSPS) is 11.8. The molecule has 0 aliphatic heterocycles. The van der Waals surface area contributed by atoms with Gasteiger partial charge >= 0.3 is 6.18 Å². The average molecular weight is 339 g/mol. The second kappa shape index (κ2) is 6.07. The number of aromatic nitrogens is 4. The molecule has 5 nitrogen and oxygen atoms in total. The number of rotatable bonds is 4. The second-order valence-electron chi connectivity index (χ2n) is 4.76. The molecule has 0 spiro atoms. The minimum absolute atomic E-state index is 0.0400. The van der Waals surface area contributed by atoms with E-state index in [2.05, 4.69) is 20.6 Å². The van der Waals surface area contributed by atoms with Crippen molar-refractivity contribution in [3.8, 4) is 0 Å². The third-order valence-electron chi connectivity index (χ3n) is 3.05. The maximum absolute atomic E-state index is 12.8. The predicted octanol–water partition coefficient (Wildman–Crippen LogP) is 3.75. The summed E-state index contributed by atoms with van der Waals surface area (Å²) < 4.78 is 39.2. The molecule has 120 valence electrons. The maximum Gasteiger partial charge on any atom is 0.453 e. The Bertz CT molecular complexity index is 813. The van der Waals surface area contributed by atoms with Crippen molar-refractivity contribution < 1.29 is 13.2 Å². The molecular weight excluding hydrogens is 327 g/mol. The van der Waals surface area contributed by atoms with Gasteiger partial charge in [-0.3, -0.25) is 0 Å². The highest BCUT2D eigenvalue weighted by atomic mass is 32.2. The first-order valence-electron chi connectivity index (χ1n) is 6.62. The predicted molar refractivity (Wildman–Crippen MR) is 82.7 cm³/mol. The third kappa shape index (κ3) is 3.39. The summed E-state index contributed by atoms with van der Waals surface area (Å²) in [7, 11) is 0. The molecule has 0 unspecified atom stereocenters. The van der Waals surface area contributed by atoms with Crippen LogP contribution in [0.5, 0.6) is 0 Å². The van der Waals surface area contributed by atoms with Crippen LogP contribution in [0.4, 0.5) is 24.7 Å². The minimum atomic E-state index is -4.61. The lowest BCUT2D eigenvalue weighted by Gasteiger charge is -2.08. The fourth-order valence-corrected chi connectivity index (χ4v) is 2.56. The van der Waals surface area contributed by atoms with Gasteiger partial charge in [0.05, 0.1) is 0 Å². The number of benzene rings is 1. The highest BCUT2D eigenvalue weighted by Gasteiger charge is 2.37. The van der Waals surface area contributed by atoms with Crippen LogP contribution in [0.2, 0.25) is 0 Å². The molecule has 0 atom stereocenters. The molecular formula is C14H12F3N5S. The van der Waals surface area contributed by atoms with Crippen LogP contribution >= 0.6 is 11.8 Å². The molecule has 0 amide bonds. The number of anilines is 2. The summed E-state index contributed by atoms with van der Waals surface area (Å²) >= 11 is 1.71. The van der Waals surface area contributed by atoms with Crippen molar-refractivity contribution in [1.29, 1.82) is 0 Å². The molecule has 3 rings (SSSR count). The number of thioether (sulfide) groups is 1. The Hall–Kier alpha value is -2.29. The molecule has 1 aromatic carbocycles. The molecule has 1 N–H and O–H groups in total. The van der Waals surface area contributed by atoms with Gasteiger partial charge in [0.15, 0.2) is 11.5 Å². The van der Waals surface area contributed by atoms with Gasteiger partial charge in [0.25, 0.3) is 5.82 Å². The summed E-state index contributed by atoms with van der Waals surface area (Å²) in [5.41, 5.74) is 1.95. The summed E-state index contributed by atoms with van der Waals surface area (Å²) in [4.78, 5) is 0. The molecule has 3 aromatic rings. The van der Waals surface area contributed by atoms with E-state index >= 15 is 0 Å². The summed E-state index contributed by atoms with van der Waals surface area (Å²) in [5, 5.41) is 13.5. The molecule has 0 radical (unpaired) electrons. The molecule has 0 aliphatic rings. The van der Waals surface area contributed by atoms with E-state index in [0.29, 0.717) is 4.52 Å². The number of halogens is 3. The Morgan fingerprint density at radius 3 is 2.48 bits per heavy atom. The molecule has 0 saturated carbocycles. The molecule has 9 heteroatoms. The van der Waals surface area contributed by atoms with E-state index in [1.165, 1.54) is 11.6 Å². The fourth-order valence-electron chi connectivity index (χ4n) is 2.03. The van der Waals surface area contributed by atoms with Crippen LogP contribution < -0.4 is 5.32 Å². The Morgan fingerprint density at radius 2 is 1.83 bits per heavy atom. The third-order valence-corrected chi connectivity index (χ3v) is 3.68. The highest BCUT2D eigenvalue weighted by molar-refractivity contribution is 7.97. The maximum atomic E-state index is 12.8. The van der Waals surface area contributed by atoms with Crippen LogP contribution in [-0.2, 0) is 11.9 Å². The van der Waals surface area contributed by atoms with Gasteiger partial charge in [0, 0.05) is 11.4 Å². The first kappa shape index (κ1) is 15.6. The molecule has 2 aromatic heterocycles. The van der Waals surface area contributed by atoms with Gasteiger partial charge in [-0.1, -0.05) is 12.1 Å². The van der Waals surface area contributed by atoms with Crippen LogP contribution in [0.3, 0.4) is 0 Å². The highest BCUT2D eigenvalue weighted by Crippen LogP contribution is 2.28. The number of nitrogens with one attached hydrogen (secondary N) is 1. The Labute approximate surface area is 133 Å². The first-order valence-corrected chi connectivity index (χ1v) is 8.01. The molecule has 0 aliphatic carbocycles. The molecule has 0 bridgehead atoms. The van der Waals surface area contributed by atoms with Crippen LogP contribution in [0.25, 0.3) is 5.65 Å². The lowest BCUT2D eigenvalue weighted by Crippen LogP contribution is -2.13. The van der Waals surface area contributed by atoms with E-state index in [4.69, 9.17) is 0 Å². The summed E-state index contributed by atoms with van der Waals surface area (Å²) in [6.45, 7) is 0. The molecule has 23 heavy (non-hydrogen) atoms. The number of fused-ring (bicyclic) bond motifs is 1. The second-order valence-corrected chi connectivity index (χ2v) is 5.63. The number of hydrogen-bond donors (Lipinski definition) is 1. The summed E-state index contributed by atoms with van der Waals surface area (Å²) in [6.07, 6.45) is -2.59. The number of alkyl halides is 3. The van der Waals surface area contributed by atoms with E-state index < -0.39 is 12.0 Å². The smallest absolute Gasteiger partial charge is 0.339 e. The van der Waals surface area contributed by atoms with E-state index in [0.717, 1.165) is 11.4 Å². The van der Waals surface area contributed by atoms with E-state index in [9.17, 15) is 13.2 Å². The topological polar surface area (TPSA) is 55.1 Å². The molecule has 0 fully saturated rings. The molecule has 0 saturated heterocycles. The van der Waals surface area contributed by atoms with Crippen LogP contribution in [-0.4, -0.2) is 26.1 Å². The molecule has 2 heterocycles. The lowest BCUT2D eigenvalue weighted by atomic mass is 10.2. The van der Waals surface area contributed by atoms with Crippen molar-refractivity contribution >= 4 is 28.9 Å². The Morgan fingerprint density at radius 1 is 1.09 bits per heavy atom. The summed E-state index contributed by atoms with van der Waals surface area (Å²) in [5.74, 6) is 0.0343. The number of nitrogens with zero attached hydrogens (tertiary/aromatic N) is 4. The minimum Gasteiger partial charge on any atom is -0.339 e. The van der Waals surface area contributed by atoms with Gasteiger partial charge in [0.1, 0.15) is 0 Å². The van der Waals surface area contributed by atoms with Gasteiger partial charge in [0.2, 0.25) is 0 Å². The zero-order valence-electron chi connectivity index (χ0n) is 12.0. The lowest BCUT2D eigenvalue weighted by molar-refractivity contribution is -0.146. The van der Waals surface area contributed by atoms with E-state index in [-0.39, 0.29) is 11.5 Å². The fraction of sp³-hybridized carbons (Fsp3) is 0.214. The van der Waals surface area contributed by atoms with Crippen molar-refractivity contribution in [3.05, 3.63) is 47.8 Å². The van der Waals surface area contributed by atoms with Crippen molar-refractivity contribution in [2.24, 2.45) is 0 Å². The zero-order valence-corrected chi connectivity index (χ0v) is 12.8. The van der Waals surface area contributed by atoms with Crippen molar-refractivity contribution in [2.75, 3.05) is 11.6 Å². The van der Waals surface area contributed by atoms with Gasteiger partial charge < -0.3 is 5.32 Å². The van der Waals surface area contributed by atoms with Gasteiger partial charge in [-0.15, -0.1) is 15.3 Å². The van der Waals surface area contributed by atoms with Gasteiger partial charge in [-0.05, 0) is 36.1 Å². The van der Waals surface area contributed by atoms with Crippen LogP contribution in [0.1, 0.15) is 11.4 Å². The summed E-state index contributed by atoms with van der Waals surface area (Å²) in [6, 6.07) is 10.6. The zero-order chi connectivity index (χ0) is 16.4. The van der Waals surface area contributed by atoms with Crippen molar-refractivity contribution in [3.63, 3.8) is 0 Å². The van der Waals surface area contributed by atoms with E-state index in [1.807, 2.05) is 30.5 Å². The largest absolute Gasteiger partial charge is 0.453 e. The number of hydrogen-bond acceptors (Lipinski definition) is 5. The van der Waals surface area contributed by atoms with Crippen LogP contribution in [0, 0.1) is 0 Å². The van der Waals surface area contributed by atoms with Crippen molar-refractivity contribution in [1.82, 2.24) is 19.8 Å². The monoisotopic (exact) mass is 339 g/mol. The van der Waals surface area contributed by atoms with Crippen LogP contribution in [0.15, 0.2) is 36.4 Å². The quantitative estimate of drug-likeness (QED) is 0.784. The van der Waals surface area contributed by atoms with Gasteiger partial charge in [-0.2, -0.15) is 29.4 Å². The van der Waals surface area contributed by atoms with Gasteiger partial charge in [-0.25, -0.2) is 0 Å². The SMILES string of the molecule is CSCc1ccc(Nc2ccc3nnc(C(F)(F)F)n3n2)cc1. The van der Waals surface area contributed by atoms with E-state index in [1.54, 1.807) is 17.8 Å².